The summed E-state index contributed by atoms with van der Waals surface area (Å²) in [5, 5.41) is 2.94. The fourth-order valence-corrected chi connectivity index (χ4v) is 3.21. The number of ether oxygens (including phenoxy) is 1. The molecule has 0 bridgehead atoms. The highest BCUT2D eigenvalue weighted by Crippen LogP contribution is 2.24. The van der Waals surface area contributed by atoms with E-state index >= 15 is 0 Å². The van der Waals surface area contributed by atoms with Crippen LogP contribution in [-0.2, 0) is 22.7 Å². The molecule has 0 aliphatic rings. The van der Waals surface area contributed by atoms with Crippen LogP contribution < -0.4 is 10.1 Å². The van der Waals surface area contributed by atoms with Crippen molar-refractivity contribution in [1.29, 1.82) is 0 Å². The summed E-state index contributed by atoms with van der Waals surface area (Å²) in [5.74, 6) is 0.312. The third-order valence-corrected chi connectivity index (χ3v) is 4.78. The zero-order valence-electron chi connectivity index (χ0n) is 17.1. The zero-order valence-corrected chi connectivity index (χ0v) is 17.1. The van der Waals surface area contributed by atoms with Gasteiger partial charge < -0.3 is 15.0 Å². The molecule has 0 saturated heterocycles. The van der Waals surface area contributed by atoms with E-state index in [0.29, 0.717) is 13.1 Å². The molecule has 0 aliphatic carbocycles. The summed E-state index contributed by atoms with van der Waals surface area (Å²) in [6.07, 6.45) is 3.39. The van der Waals surface area contributed by atoms with Crippen LogP contribution in [0, 0.1) is 0 Å². The molecule has 1 atom stereocenters. The molecule has 1 N–H and O–H groups in total. The van der Waals surface area contributed by atoms with Crippen molar-refractivity contribution in [3.8, 4) is 5.75 Å². The minimum Gasteiger partial charge on any atom is -0.497 e. The lowest BCUT2D eigenvalue weighted by Crippen LogP contribution is -2.42. The molecule has 1 aromatic heterocycles. The van der Waals surface area contributed by atoms with Crippen LogP contribution in [0.1, 0.15) is 29.7 Å². The number of hydrogen-bond acceptors (Lipinski definition) is 4. The van der Waals surface area contributed by atoms with E-state index in [-0.39, 0.29) is 11.8 Å². The summed E-state index contributed by atoms with van der Waals surface area (Å²) in [7, 11) is 1.61. The van der Waals surface area contributed by atoms with Crippen molar-refractivity contribution < 1.29 is 14.3 Å². The number of nitrogens with zero attached hydrogens (tertiary/aromatic N) is 2. The standard InChI is InChI=1S/C24H25N3O3/c1-18(28)27(17-19-10-12-22(30-2)13-11-19)23(21-8-4-3-5-9-21)24(29)26-16-20-7-6-14-25-15-20/h3-15,23H,16-17H2,1-2H3,(H,26,29)/t23-/m1/s1. The lowest BCUT2D eigenvalue weighted by molar-refractivity contribution is -0.140. The van der Waals surface area contributed by atoms with Crippen molar-refractivity contribution >= 4 is 11.8 Å². The first-order valence-corrected chi connectivity index (χ1v) is 9.70. The highest BCUT2D eigenvalue weighted by atomic mass is 16.5. The molecule has 0 saturated carbocycles. The lowest BCUT2D eigenvalue weighted by atomic mass is 10.0. The maximum Gasteiger partial charge on any atom is 0.247 e. The summed E-state index contributed by atoms with van der Waals surface area (Å²) in [6.45, 7) is 2.12. The molecule has 0 aliphatic heterocycles. The Bertz CT molecular complexity index is 960. The summed E-state index contributed by atoms with van der Waals surface area (Å²) >= 11 is 0. The van der Waals surface area contributed by atoms with E-state index in [1.165, 1.54) is 6.92 Å². The second kappa shape index (κ2) is 10.2. The van der Waals surface area contributed by atoms with Gasteiger partial charge in [-0.15, -0.1) is 0 Å². The number of benzene rings is 2. The normalized spacial score (nSPS) is 11.4. The first-order valence-electron chi connectivity index (χ1n) is 9.70. The van der Waals surface area contributed by atoms with E-state index in [9.17, 15) is 9.59 Å². The van der Waals surface area contributed by atoms with Crippen molar-refractivity contribution in [2.45, 2.75) is 26.1 Å². The molecule has 3 rings (SSSR count). The zero-order chi connectivity index (χ0) is 21.3. The summed E-state index contributed by atoms with van der Waals surface area (Å²) in [6, 6.07) is 19.8. The Morgan fingerprint density at radius 1 is 1.00 bits per heavy atom. The Labute approximate surface area is 176 Å². The number of amides is 2. The van der Waals surface area contributed by atoms with Gasteiger partial charge in [-0.1, -0.05) is 48.5 Å². The molecule has 2 aromatic carbocycles. The van der Waals surface area contributed by atoms with Gasteiger partial charge in [-0.25, -0.2) is 0 Å². The van der Waals surface area contributed by atoms with Gasteiger partial charge in [0.05, 0.1) is 7.11 Å². The molecule has 3 aromatic rings. The number of carbonyl (C=O) groups is 2. The van der Waals surface area contributed by atoms with Gasteiger partial charge in [-0.05, 0) is 34.9 Å². The summed E-state index contributed by atoms with van der Waals surface area (Å²) < 4.78 is 5.20. The van der Waals surface area contributed by atoms with Crippen molar-refractivity contribution in [1.82, 2.24) is 15.2 Å². The molecule has 30 heavy (non-hydrogen) atoms. The first-order chi connectivity index (χ1) is 14.6. The minimum atomic E-state index is -0.748. The average Bonchev–Trinajstić information content (AvgIpc) is 2.79. The lowest BCUT2D eigenvalue weighted by Gasteiger charge is -2.30. The smallest absolute Gasteiger partial charge is 0.247 e. The predicted octanol–water partition coefficient (Wildman–Crippen LogP) is 3.50. The summed E-state index contributed by atoms with van der Waals surface area (Å²) in [4.78, 5) is 31.4. The van der Waals surface area contributed by atoms with E-state index in [2.05, 4.69) is 10.3 Å². The van der Waals surface area contributed by atoms with E-state index in [4.69, 9.17) is 4.74 Å². The van der Waals surface area contributed by atoms with Crippen molar-refractivity contribution in [2.24, 2.45) is 0 Å². The molecule has 6 nitrogen and oxygen atoms in total. The SMILES string of the molecule is COc1ccc(CN(C(C)=O)[C@@H](C(=O)NCc2cccnc2)c2ccccc2)cc1. The number of hydrogen-bond donors (Lipinski definition) is 1. The quantitative estimate of drug-likeness (QED) is 0.625. The number of aromatic nitrogens is 1. The maximum absolute atomic E-state index is 13.2. The van der Waals surface area contributed by atoms with E-state index in [1.807, 2.05) is 66.7 Å². The highest BCUT2D eigenvalue weighted by molar-refractivity contribution is 5.88. The molecule has 1 heterocycles. The van der Waals surface area contributed by atoms with Crippen LogP contribution in [0.25, 0.3) is 0 Å². The number of nitrogens with one attached hydrogen (secondary N) is 1. The van der Waals surface area contributed by atoms with Crippen LogP contribution in [-0.4, -0.2) is 28.8 Å². The van der Waals surface area contributed by atoms with Gasteiger partial charge in [0.2, 0.25) is 11.8 Å². The van der Waals surface area contributed by atoms with E-state index in [1.54, 1.807) is 24.4 Å². The van der Waals surface area contributed by atoms with Gasteiger partial charge in [0.1, 0.15) is 11.8 Å². The Kier molecular flexibility index (Phi) is 7.16. The molecule has 0 unspecified atom stereocenters. The van der Waals surface area contributed by atoms with Gasteiger partial charge in [-0.3, -0.25) is 14.6 Å². The molecular weight excluding hydrogens is 378 g/mol. The molecular formula is C24H25N3O3. The van der Waals surface area contributed by atoms with Crippen molar-refractivity contribution in [3.63, 3.8) is 0 Å². The Balaban J connectivity index is 1.86. The molecule has 0 spiro atoms. The third kappa shape index (κ3) is 5.44. The maximum atomic E-state index is 13.2. The molecule has 6 heteroatoms. The van der Waals surface area contributed by atoms with Crippen LogP contribution in [0.2, 0.25) is 0 Å². The van der Waals surface area contributed by atoms with Crippen LogP contribution in [0.5, 0.6) is 5.75 Å². The fourth-order valence-electron chi connectivity index (χ4n) is 3.21. The van der Waals surface area contributed by atoms with E-state index < -0.39 is 6.04 Å². The predicted molar refractivity (Wildman–Crippen MR) is 114 cm³/mol. The second-order valence-corrected chi connectivity index (χ2v) is 6.89. The third-order valence-electron chi connectivity index (χ3n) is 4.78. The van der Waals surface area contributed by atoms with Gasteiger partial charge in [0.25, 0.3) is 0 Å². The second-order valence-electron chi connectivity index (χ2n) is 6.89. The van der Waals surface area contributed by atoms with Crippen molar-refractivity contribution in [2.75, 3.05) is 7.11 Å². The first kappa shape index (κ1) is 21.0. The van der Waals surface area contributed by atoms with Crippen LogP contribution in [0.15, 0.2) is 79.1 Å². The number of methoxy groups -OCH3 is 1. The number of rotatable bonds is 8. The molecule has 154 valence electrons. The van der Waals surface area contributed by atoms with Gasteiger partial charge in [0, 0.05) is 32.4 Å². The largest absolute Gasteiger partial charge is 0.497 e. The van der Waals surface area contributed by atoms with Crippen LogP contribution in [0.4, 0.5) is 0 Å². The minimum absolute atomic E-state index is 0.184. The molecule has 0 radical (unpaired) electrons. The van der Waals surface area contributed by atoms with Gasteiger partial charge in [-0.2, -0.15) is 0 Å². The monoisotopic (exact) mass is 403 g/mol. The topological polar surface area (TPSA) is 71.5 Å². The van der Waals surface area contributed by atoms with Crippen LogP contribution >= 0.6 is 0 Å². The Morgan fingerprint density at radius 2 is 1.73 bits per heavy atom. The molecule has 0 fully saturated rings. The number of carbonyl (C=O) groups excluding carboxylic acids is 2. The highest BCUT2D eigenvalue weighted by Gasteiger charge is 2.29. The molecule has 2 amide bonds. The summed E-state index contributed by atoms with van der Waals surface area (Å²) in [5.41, 5.74) is 2.55. The van der Waals surface area contributed by atoms with Crippen LogP contribution in [0.3, 0.4) is 0 Å². The average molecular weight is 403 g/mol. The Hall–Kier alpha value is -3.67. The van der Waals surface area contributed by atoms with E-state index in [0.717, 1.165) is 22.4 Å². The Morgan fingerprint density at radius 3 is 2.33 bits per heavy atom. The fraction of sp³-hybridized carbons (Fsp3) is 0.208. The van der Waals surface area contributed by atoms with Gasteiger partial charge in [0.15, 0.2) is 0 Å². The van der Waals surface area contributed by atoms with Crippen molar-refractivity contribution in [3.05, 3.63) is 95.8 Å². The number of pyridine rings is 1. The van der Waals surface area contributed by atoms with Gasteiger partial charge >= 0.3 is 0 Å².